The molecule has 1 aromatic rings. The SMILES string of the molecule is CSCCCCNC(=O)c1cc(Cl)nc(Cl)c1. The number of pyridine rings is 1. The number of hydrogen-bond donors (Lipinski definition) is 1. The van der Waals surface area contributed by atoms with Gasteiger partial charge in [0.2, 0.25) is 0 Å². The summed E-state index contributed by atoms with van der Waals surface area (Å²) in [5.41, 5.74) is 0.444. The minimum atomic E-state index is -0.166. The molecule has 0 saturated carbocycles. The number of carbonyl (C=O) groups is 1. The van der Waals surface area contributed by atoms with Crippen LogP contribution in [0.15, 0.2) is 12.1 Å². The minimum absolute atomic E-state index is 0.166. The van der Waals surface area contributed by atoms with Gasteiger partial charge < -0.3 is 5.32 Å². The van der Waals surface area contributed by atoms with Crippen molar-refractivity contribution < 1.29 is 4.79 Å². The van der Waals surface area contributed by atoms with Crippen LogP contribution < -0.4 is 5.32 Å². The Hall–Kier alpha value is -0.450. The number of aromatic nitrogens is 1. The summed E-state index contributed by atoms with van der Waals surface area (Å²) in [4.78, 5) is 15.5. The summed E-state index contributed by atoms with van der Waals surface area (Å²) >= 11 is 13.2. The molecule has 0 saturated heterocycles. The van der Waals surface area contributed by atoms with Crippen molar-refractivity contribution in [1.82, 2.24) is 10.3 Å². The van der Waals surface area contributed by atoms with Gasteiger partial charge in [0.1, 0.15) is 10.3 Å². The van der Waals surface area contributed by atoms with E-state index < -0.39 is 0 Å². The van der Waals surface area contributed by atoms with Gasteiger partial charge >= 0.3 is 0 Å². The summed E-state index contributed by atoms with van der Waals surface area (Å²) in [6, 6.07) is 3.01. The number of halogens is 2. The topological polar surface area (TPSA) is 42.0 Å². The van der Waals surface area contributed by atoms with Crippen LogP contribution in [0.4, 0.5) is 0 Å². The zero-order valence-electron chi connectivity index (χ0n) is 9.50. The monoisotopic (exact) mass is 292 g/mol. The first-order valence-electron chi connectivity index (χ1n) is 5.23. The molecule has 0 atom stereocenters. The molecule has 1 heterocycles. The van der Waals surface area contributed by atoms with Gasteiger partial charge in [0.25, 0.3) is 5.91 Å². The maximum atomic E-state index is 11.7. The maximum Gasteiger partial charge on any atom is 0.251 e. The van der Waals surface area contributed by atoms with Gasteiger partial charge in [0, 0.05) is 12.1 Å². The Morgan fingerprint density at radius 1 is 1.35 bits per heavy atom. The van der Waals surface area contributed by atoms with Crippen molar-refractivity contribution in [1.29, 1.82) is 0 Å². The molecule has 0 bridgehead atoms. The third-order valence-corrected chi connectivity index (χ3v) is 3.17. The van der Waals surface area contributed by atoms with E-state index in [-0.39, 0.29) is 16.2 Å². The van der Waals surface area contributed by atoms with E-state index in [1.54, 1.807) is 11.8 Å². The highest BCUT2D eigenvalue weighted by Crippen LogP contribution is 2.14. The molecule has 1 rings (SSSR count). The highest BCUT2D eigenvalue weighted by atomic mass is 35.5. The molecule has 1 aromatic heterocycles. The lowest BCUT2D eigenvalue weighted by atomic mass is 10.2. The number of amides is 1. The summed E-state index contributed by atoms with van der Waals surface area (Å²) in [6.07, 6.45) is 4.14. The second-order valence-electron chi connectivity index (χ2n) is 3.46. The highest BCUT2D eigenvalue weighted by molar-refractivity contribution is 7.98. The quantitative estimate of drug-likeness (QED) is 0.646. The molecule has 0 aromatic carbocycles. The van der Waals surface area contributed by atoms with Gasteiger partial charge in [-0.25, -0.2) is 4.98 Å². The zero-order valence-corrected chi connectivity index (χ0v) is 11.8. The van der Waals surface area contributed by atoms with E-state index >= 15 is 0 Å². The predicted octanol–water partition coefficient (Wildman–Crippen LogP) is 3.26. The average molecular weight is 293 g/mol. The lowest BCUT2D eigenvalue weighted by molar-refractivity contribution is 0.0953. The van der Waals surface area contributed by atoms with E-state index in [0.717, 1.165) is 18.6 Å². The second kappa shape index (κ2) is 7.80. The van der Waals surface area contributed by atoms with Crippen molar-refractivity contribution in [2.45, 2.75) is 12.8 Å². The van der Waals surface area contributed by atoms with Crippen LogP contribution in [-0.2, 0) is 0 Å². The molecule has 94 valence electrons. The Labute approximate surface area is 115 Å². The molecule has 0 fully saturated rings. The van der Waals surface area contributed by atoms with E-state index in [9.17, 15) is 4.79 Å². The number of rotatable bonds is 6. The average Bonchev–Trinajstić information content (AvgIpc) is 2.27. The van der Waals surface area contributed by atoms with Gasteiger partial charge in [-0.2, -0.15) is 11.8 Å². The number of hydrogen-bond acceptors (Lipinski definition) is 3. The molecule has 0 spiro atoms. The van der Waals surface area contributed by atoms with E-state index in [1.165, 1.54) is 12.1 Å². The fourth-order valence-corrected chi connectivity index (χ4v) is 2.22. The Kier molecular flexibility index (Phi) is 6.70. The molecule has 3 nitrogen and oxygen atoms in total. The van der Waals surface area contributed by atoms with E-state index in [0.29, 0.717) is 12.1 Å². The van der Waals surface area contributed by atoms with Gasteiger partial charge in [0.05, 0.1) is 0 Å². The second-order valence-corrected chi connectivity index (χ2v) is 5.22. The van der Waals surface area contributed by atoms with Gasteiger partial charge in [-0.3, -0.25) is 4.79 Å². The van der Waals surface area contributed by atoms with E-state index in [4.69, 9.17) is 23.2 Å². The Morgan fingerprint density at radius 3 is 2.59 bits per heavy atom. The van der Waals surface area contributed by atoms with Gasteiger partial charge in [-0.1, -0.05) is 23.2 Å². The number of carbonyl (C=O) groups excluding carboxylic acids is 1. The summed E-state index contributed by atoms with van der Waals surface area (Å²) in [5, 5.41) is 3.27. The van der Waals surface area contributed by atoms with Crippen molar-refractivity contribution in [3.05, 3.63) is 28.0 Å². The normalized spacial score (nSPS) is 10.3. The van der Waals surface area contributed by atoms with Crippen LogP contribution >= 0.6 is 35.0 Å². The molecular weight excluding hydrogens is 279 g/mol. The fraction of sp³-hybridized carbons (Fsp3) is 0.455. The summed E-state index contributed by atoms with van der Waals surface area (Å²) < 4.78 is 0. The van der Waals surface area contributed by atoms with Crippen LogP contribution in [0.25, 0.3) is 0 Å². The Bertz CT molecular complexity index is 367. The van der Waals surface area contributed by atoms with Crippen molar-refractivity contribution in [2.75, 3.05) is 18.6 Å². The third kappa shape index (κ3) is 5.61. The Balaban J connectivity index is 2.41. The molecule has 0 aliphatic heterocycles. The molecule has 6 heteroatoms. The molecule has 0 radical (unpaired) electrons. The smallest absolute Gasteiger partial charge is 0.251 e. The van der Waals surface area contributed by atoms with Gasteiger partial charge in [0.15, 0.2) is 0 Å². The van der Waals surface area contributed by atoms with Crippen molar-refractivity contribution in [3.8, 4) is 0 Å². The first-order chi connectivity index (χ1) is 8.13. The first-order valence-corrected chi connectivity index (χ1v) is 7.38. The van der Waals surface area contributed by atoms with Crippen LogP contribution in [-0.4, -0.2) is 29.4 Å². The third-order valence-electron chi connectivity index (χ3n) is 2.09. The predicted molar refractivity (Wildman–Crippen MR) is 74.2 cm³/mol. The summed E-state index contributed by atoms with van der Waals surface area (Å²) in [6.45, 7) is 0.664. The molecule has 0 unspecified atom stereocenters. The largest absolute Gasteiger partial charge is 0.352 e. The number of thioether (sulfide) groups is 1. The number of unbranched alkanes of at least 4 members (excludes halogenated alkanes) is 1. The minimum Gasteiger partial charge on any atom is -0.352 e. The molecule has 0 aliphatic rings. The summed E-state index contributed by atoms with van der Waals surface area (Å²) in [7, 11) is 0. The lowest BCUT2D eigenvalue weighted by Gasteiger charge is -2.05. The van der Waals surface area contributed by atoms with Crippen LogP contribution in [0.3, 0.4) is 0 Å². The van der Waals surface area contributed by atoms with Crippen molar-refractivity contribution in [2.24, 2.45) is 0 Å². The summed E-state index contributed by atoms with van der Waals surface area (Å²) in [5.74, 6) is 0.948. The standard InChI is InChI=1S/C11H14Cl2N2OS/c1-17-5-3-2-4-14-11(16)8-6-9(12)15-10(13)7-8/h6-7H,2-5H2,1H3,(H,14,16). The number of nitrogens with zero attached hydrogens (tertiary/aromatic N) is 1. The molecule has 1 N–H and O–H groups in total. The maximum absolute atomic E-state index is 11.7. The Morgan fingerprint density at radius 2 is 2.00 bits per heavy atom. The van der Waals surface area contributed by atoms with Crippen LogP contribution in [0.1, 0.15) is 23.2 Å². The molecule has 0 aliphatic carbocycles. The van der Waals surface area contributed by atoms with Crippen molar-refractivity contribution >= 4 is 40.9 Å². The van der Waals surface area contributed by atoms with Crippen LogP contribution in [0.5, 0.6) is 0 Å². The molecule has 1 amide bonds. The van der Waals surface area contributed by atoms with E-state index in [2.05, 4.69) is 16.6 Å². The van der Waals surface area contributed by atoms with Crippen LogP contribution in [0, 0.1) is 0 Å². The van der Waals surface area contributed by atoms with E-state index in [1.807, 2.05) is 0 Å². The number of nitrogens with one attached hydrogen (secondary N) is 1. The first kappa shape index (κ1) is 14.6. The van der Waals surface area contributed by atoms with Crippen LogP contribution in [0.2, 0.25) is 10.3 Å². The molecular formula is C11H14Cl2N2OS. The van der Waals surface area contributed by atoms with Gasteiger partial charge in [-0.05, 0) is 37.0 Å². The zero-order chi connectivity index (χ0) is 12.7. The highest BCUT2D eigenvalue weighted by Gasteiger charge is 2.07. The van der Waals surface area contributed by atoms with Crippen molar-refractivity contribution in [3.63, 3.8) is 0 Å². The lowest BCUT2D eigenvalue weighted by Crippen LogP contribution is -2.24. The fourth-order valence-electron chi connectivity index (χ4n) is 1.27. The van der Waals surface area contributed by atoms with Gasteiger partial charge in [-0.15, -0.1) is 0 Å². The molecule has 17 heavy (non-hydrogen) atoms.